The summed E-state index contributed by atoms with van der Waals surface area (Å²) in [5, 5.41) is 8.94. The van der Waals surface area contributed by atoms with E-state index in [0.29, 0.717) is 13.1 Å². The average Bonchev–Trinajstić information content (AvgIpc) is 2.51. The summed E-state index contributed by atoms with van der Waals surface area (Å²) in [7, 11) is 0. The number of hydrogen-bond acceptors (Lipinski definition) is 2. The highest BCUT2D eigenvalue weighted by Gasteiger charge is 2.29. The van der Waals surface area contributed by atoms with Crippen molar-refractivity contribution in [3.63, 3.8) is 0 Å². The number of nitriles is 1. The number of benzene rings is 1. The van der Waals surface area contributed by atoms with Gasteiger partial charge in [0.15, 0.2) is 0 Å². The highest BCUT2D eigenvalue weighted by molar-refractivity contribution is 5.84. The Morgan fingerprint density at radius 1 is 1.50 bits per heavy atom. The van der Waals surface area contributed by atoms with E-state index in [4.69, 9.17) is 5.26 Å². The summed E-state index contributed by atoms with van der Waals surface area (Å²) in [5.74, 6) is 0.0466. The molecule has 0 bridgehead atoms. The van der Waals surface area contributed by atoms with E-state index in [1.807, 2.05) is 30.9 Å². The first-order valence-electron chi connectivity index (χ1n) is 7.43. The molecule has 106 valence electrons. The van der Waals surface area contributed by atoms with Gasteiger partial charge in [0.05, 0.1) is 17.9 Å². The van der Waals surface area contributed by atoms with Gasteiger partial charge in [-0.1, -0.05) is 24.3 Å². The molecule has 1 aromatic rings. The molecule has 0 saturated heterocycles. The van der Waals surface area contributed by atoms with Crippen LogP contribution in [0.4, 0.5) is 0 Å². The van der Waals surface area contributed by atoms with Crippen LogP contribution in [0.1, 0.15) is 43.7 Å². The van der Waals surface area contributed by atoms with E-state index in [9.17, 15) is 4.79 Å². The number of nitrogens with zero attached hydrogens (tertiary/aromatic N) is 2. The van der Waals surface area contributed by atoms with Crippen LogP contribution >= 0.6 is 0 Å². The van der Waals surface area contributed by atoms with E-state index in [0.717, 1.165) is 19.3 Å². The molecule has 0 spiro atoms. The van der Waals surface area contributed by atoms with Crippen molar-refractivity contribution in [1.29, 1.82) is 5.26 Å². The normalized spacial score (nSPS) is 18.8. The number of hydrogen-bond donors (Lipinski definition) is 0. The molecule has 1 aliphatic carbocycles. The molecular formula is C17H22N2O. The molecule has 1 aromatic carbocycles. The quantitative estimate of drug-likeness (QED) is 0.843. The fourth-order valence-electron chi connectivity index (χ4n) is 2.98. The number of carbonyl (C=O) groups is 1. The van der Waals surface area contributed by atoms with E-state index in [-0.39, 0.29) is 17.7 Å². The second-order valence-corrected chi connectivity index (χ2v) is 5.55. The fourth-order valence-corrected chi connectivity index (χ4v) is 2.98. The van der Waals surface area contributed by atoms with Crippen molar-refractivity contribution in [2.75, 3.05) is 13.1 Å². The smallest absolute Gasteiger partial charge is 0.230 e. The number of likely N-dealkylation sites (N-methyl/N-ethyl adjacent to an activating group) is 1. The summed E-state index contributed by atoms with van der Waals surface area (Å²) in [5.41, 5.74) is 2.49. The predicted octanol–water partition coefficient (Wildman–Crippen LogP) is 3.11. The first kappa shape index (κ1) is 14.6. The maximum Gasteiger partial charge on any atom is 0.230 e. The van der Waals surface area contributed by atoms with Gasteiger partial charge in [0.2, 0.25) is 5.91 Å². The van der Waals surface area contributed by atoms with Gasteiger partial charge in [0.25, 0.3) is 0 Å². The monoisotopic (exact) mass is 270 g/mol. The second kappa shape index (κ2) is 6.56. The molecule has 0 saturated carbocycles. The highest BCUT2D eigenvalue weighted by Crippen LogP contribution is 2.32. The summed E-state index contributed by atoms with van der Waals surface area (Å²) in [6.07, 6.45) is 3.06. The molecule has 0 heterocycles. The fraction of sp³-hybridized carbons (Fsp3) is 0.529. The van der Waals surface area contributed by atoms with Gasteiger partial charge < -0.3 is 4.90 Å². The molecule has 0 fully saturated rings. The zero-order valence-electron chi connectivity index (χ0n) is 12.3. The molecular weight excluding hydrogens is 248 g/mol. The van der Waals surface area contributed by atoms with Gasteiger partial charge >= 0.3 is 0 Å². The lowest BCUT2D eigenvalue weighted by atomic mass is 9.82. The lowest BCUT2D eigenvalue weighted by Crippen LogP contribution is -2.38. The number of rotatable bonds is 4. The van der Waals surface area contributed by atoms with E-state index < -0.39 is 0 Å². The van der Waals surface area contributed by atoms with Crippen LogP contribution in [0.2, 0.25) is 0 Å². The number of amides is 1. The van der Waals surface area contributed by atoms with Crippen molar-refractivity contribution >= 4 is 5.91 Å². The molecule has 1 aliphatic rings. The summed E-state index contributed by atoms with van der Waals surface area (Å²) >= 11 is 0. The van der Waals surface area contributed by atoms with Crippen molar-refractivity contribution in [3.05, 3.63) is 35.4 Å². The maximum absolute atomic E-state index is 12.8. The van der Waals surface area contributed by atoms with Crippen LogP contribution in [0.25, 0.3) is 0 Å². The Morgan fingerprint density at radius 3 is 2.95 bits per heavy atom. The van der Waals surface area contributed by atoms with Gasteiger partial charge in [-0.3, -0.25) is 4.79 Å². The van der Waals surface area contributed by atoms with Gasteiger partial charge in [-0.25, -0.2) is 0 Å². The summed E-state index contributed by atoms with van der Waals surface area (Å²) in [4.78, 5) is 14.6. The van der Waals surface area contributed by atoms with E-state index in [1.165, 1.54) is 11.1 Å². The lowest BCUT2D eigenvalue weighted by molar-refractivity contribution is -0.133. The third-order valence-electron chi connectivity index (χ3n) is 4.08. The van der Waals surface area contributed by atoms with Crippen LogP contribution in [0.15, 0.2) is 24.3 Å². The Morgan fingerprint density at radius 2 is 2.25 bits per heavy atom. The molecule has 3 heteroatoms. The lowest BCUT2D eigenvalue weighted by Gasteiger charge is -2.30. The van der Waals surface area contributed by atoms with Crippen LogP contribution in [-0.4, -0.2) is 23.9 Å². The molecule has 2 rings (SSSR count). The van der Waals surface area contributed by atoms with Gasteiger partial charge in [0, 0.05) is 13.1 Å². The highest BCUT2D eigenvalue weighted by atomic mass is 16.2. The van der Waals surface area contributed by atoms with E-state index in [2.05, 4.69) is 18.2 Å². The minimum Gasteiger partial charge on any atom is -0.341 e. The minimum atomic E-state index is -0.113. The molecule has 1 amide bonds. The molecule has 0 radical (unpaired) electrons. The number of fused-ring (bicyclic) bond motifs is 1. The zero-order chi connectivity index (χ0) is 14.5. The van der Waals surface area contributed by atoms with Gasteiger partial charge in [-0.2, -0.15) is 5.26 Å². The number of carbonyl (C=O) groups excluding carboxylic acids is 1. The third kappa shape index (κ3) is 3.01. The first-order chi connectivity index (χ1) is 9.67. The average molecular weight is 270 g/mol. The summed E-state index contributed by atoms with van der Waals surface area (Å²) < 4.78 is 0. The Kier molecular flexibility index (Phi) is 4.79. The van der Waals surface area contributed by atoms with Gasteiger partial charge in [-0.15, -0.1) is 0 Å². The largest absolute Gasteiger partial charge is 0.341 e. The Hall–Kier alpha value is -1.82. The second-order valence-electron chi connectivity index (χ2n) is 5.55. The Bertz CT molecular complexity index is 518. The van der Waals surface area contributed by atoms with Crippen molar-refractivity contribution in [2.45, 2.75) is 39.0 Å². The van der Waals surface area contributed by atoms with Crippen molar-refractivity contribution in [3.8, 4) is 6.07 Å². The maximum atomic E-state index is 12.8. The van der Waals surface area contributed by atoms with Crippen LogP contribution in [-0.2, 0) is 11.2 Å². The van der Waals surface area contributed by atoms with Crippen molar-refractivity contribution < 1.29 is 4.79 Å². The Labute approximate surface area is 121 Å². The summed E-state index contributed by atoms with van der Waals surface area (Å²) in [6.45, 7) is 5.05. The molecule has 0 N–H and O–H groups in total. The van der Waals surface area contributed by atoms with Crippen LogP contribution < -0.4 is 0 Å². The minimum absolute atomic E-state index is 0.0224. The molecule has 3 nitrogen and oxygen atoms in total. The molecule has 2 unspecified atom stereocenters. The standard InChI is InChI=1S/C17H22N2O/c1-3-19(12-13(2)11-18)17(20)16-10-6-8-14-7-4-5-9-15(14)16/h4-5,7,9,13,16H,3,6,8,10,12H2,1-2H3. The molecule has 0 aliphatic heterocycles. The molecule has 0 aromatic heterocycles. The van der Waals surface area contributed by atoms with E-state index in [1.54, 1.807) is 0 Å². The van der Waals surface area contributed by atoms with Gasteiger partial charge in [-0.05, 0) is 44.2 Å². The zero-order valence-corrected chi connectivity index (χ0v) is 12.3. The predicted molar refractivity (Wildman–Crippen MR) is 79.2 cm³/mol. The number of aryl methyl sites for hydroxylation is 1. The van der Waals surface area contributed by atoms with E-state index >= 15 is 0 Å². The van der Waals surface area contributed by atoms with Crippen LogP contribution in [0.3, 0.4) is 0 Å². The first-order valence-corrected chi connectivity index (χ1v) is 7.43. The van der Waals surface area contributed by atoms with Crippen LogP contribution in [0, 0.1) is 17.2 Å². The molecule has 20 heavy (non-hydrogen) atoms. The van der Waals surface area contributed by atoms with Crippen molar-refractivity contribution in [1.82, 2.24) is 4.90 Å². The van der Waals surface area contributed by atoms with Crippen molar-refractivity contribution in [2.24, 2.45) is 5.92 Å². The third-order valence-corrected chi connectivity index (χ3v) is 4.08. The van der Waals surface area contributed by atoms with Gasteiger partial charge in [0.1, 0.15) is 0 Å². The summed E-state index contributed by atoms with van der Waals surface area (Å²) in [6, 6.07) is 10.5. The SMILES string of the molecule is CCN(CC(C)C#N)C(=O)C1CCCc2ccccc21. The topological polar surface area (TPSA) is 44.1 Å². The molecule has 2 atom stereocenters. The Balaban J connectivity index is 2.19. The van der Waals surface area contributed by atoms with Crippen LogP contribution in [0.5, 0.6) is 0 Å².